The van der Waals surface area contributed by atoms with Gasteiger partial charge in [-0.15, -0.1) is 0 Å². The monoisotopic (exact) mass is 299 g/mol. The molecule has 1 N–H and O–H groups in total. The average molecular weight is 300 g/mol. The third-order valence-electron chi connectivity index (χ3n) is 2.85. The minimum atomic E-state index is -0.762. The van der Waals surface area contributed by atoms with E-state index in [1.54, 1.807) is 0 Å². The number of aliphatic carboxylic acids is 1. The Morgan fingerprint density at radius 1 is 1.41 bits per heavy atom. The van der Waals surface area contributed by atoms with Crippen LogP contribution in [0.4, 0.5) is 0 Å². The van der Waals surface area contributed by atoms with Crippen LogP contribution < -0.4 is 0 Å². The Balaban J connectivity index is 3.00. The predicted molar refractivity (Wildman–Crippen MR) is 72.1 cm³/mol. The standard InChI is InChI=1S/C13H18BrNO2/c1-3-15(4-2)12(9-13(16)17)10-6-5-7-11(14)8-10/h5-8,12H,3-4,9H2,1-2H3,(H,16,17). The van der Waals surface area contributed by atoms with Crippen molar-refractivity contribution in [2.45, 2.75) is 26.3 Å². The van der Waals surface area contributed by atoms with Gasteiger partial charge in [0.25, 0.3) is 0 Å². The maximum atomic E-state index is 11.0. The molecule has 0 spiro atoms. The summed E-state index contributed by atoms with van der Waals surface area (Å²) in [4.78, 5) is 13.1. The van der Waals surface area contributed by atoms with E-state index in [2.05, 4.69) is 34.7 Å². The van der Waals surface area contributed by atoms with E-state index in [1.165, 1.54) is 0 Å². The van der Waals surface area contributed by atoms with Gasteiger partial charge in [-0.1, -0.05) is 41.9 Å². The summed E-state index contributed by atoms with van der Waals surface area (Å²) in [5.41, 5.74) is 1.05. The molecule has 17 heavy (non-hydrogen) atoms. The number of carboxylic acids is 1. The van der Waals surface area contributed by atoms with Gasteiger partial charge < -0.3 is 5.11 Å². The van der Waals surface area contributed by atoms with Crippen LogP contribution >= 0.6 is 15.9 Å². The highest BCUT2D eigenvalue weighted by Crippen LogP contribution is 2.26. The average Bonchev–Trinajstić information content (AvgIpc) is 2.29. The van der Waals surface area contributed by atoms with E-state index in [9.17, 15) is 4.79 Å². The van der Waals surface area contributed by atoms with Crippen LogP contribution in [0.2, 0.25) is 0 Å². The zero-order valence-electron chi connectivity index (χ0n) is 10.2. The van der Waals surface area contributed by atoms with E-state index in [1.807, 2.05) is 24.3 Å². The van der Waals surface area contributed by atoms with Gasteiger partial charge in [0.2, 0.25) is 0 Å². The zero-order chi connectivity index (χ0) is 12.8. The van der Waals surface area contributed by atoms with Crippen molar-refractivity contribution in [2.24, 2.45) is 0 Å². The number of rotatable bonds is 6. The maximum absolute atomic E-state index is 11.0. The van der Waals surface area contributed by atoms with Crippen molar-refractivity contribution in [3.8, 4) is 0 Å². The SMILES string of the molecule is CCN(CC)C(CC(=O)O)c1cccc(Br)c1. The van der Waals surface area contributed by atoms with E-state index in [4.69, 9.17) is 5.11 Å². The summed E-state index contributed by atoms with van der Waals surface area (Å²) < 4.78 is 0.984. The van der Waals surface area contributed by atoms with Crippen molar-refractivity contribution in [1.29, 1.82) is 0 Å². The van der Waals surface area contributed by atoms with Crippen LogP contribution in [0.3, 0.4) is 0 Å². The molecule has 94 valence electrons. The van der Waals surface area contributed by atoms with Crippen molar-refractivity contribution in [1.82, 2.24) is 4.90 Å². The maximum Gasteiger partial charge on any atom is 0.305 e. The molecule has 0 saturated carbocycles. The molecular formula is C13H18BrNO2. The van der Waals surface area contributed by atoms with Crippen LogP contribution in [-0.2, 0) is 4.79 Å². The topological polar surface area (TPSA) is 40.5 Å². The van der Waals surface area contributed by atoms with Gasteiger partial charge in [-0.05, 0) is 30.8 Å². The first-order valence-corrected chi connectivity index (χ1v) is 6.59. The van der Waals surface area contributed by atoms with Crippen LogP contribution in [-0.4, -0.2) is 29.1 Å². The normalized spacial score (nSPS) is 12.7. The number of halogens is 1. The van der Waals surface area contributed by atoms with Crippen molar-refractivity contribution < 1.29 is 9.90 Å². The summed E-state index contributed by atoms with van der Waals surface area (Å²) in [5.74, 6) is -0.762. The fraction of sp³-hybridized carbons (Fsp3) is 0.462. The number of carbonyl (C=O) groups is 1. The van der Waals surface area contributed by atoms with Gasteiger partial charge in [-0.3, -0.25) is 9.69 Å². The lowest BCUT2D eigenvalue weighted by Crippen LogP contribution is -2.30. The summed E-state index contributed by atoms with van der Waals surface area (Å²) >= 11 is 3.42. The van der Waals surface area contributed by atoms with Gasteiger partial charge >= 0.3 is 5.97 Å². The van der Waals surface area contributed by atoms with Crippen LogP contribution in [0.15, 0.2) is 28.7 Å². The van der Waals surface area contributed by atoms with Crippen molar-refractivity contribution in [2.75, 3.05) is 13.1 Å². The molecule has 0 aliphatic heterocycles. The van der Waals surface area contributed by atoms with Gasteiger partial charge in [0, 0.05) is 10.5 Å². The Bertz CT molecular complexity index is 377. The van der Waals surface area contributed by atoms with Crippen LogP contribution in [0, 0.1) is 0 Å². The first-order valence-electron chi connectivity index (χ1n) is 5.79. The summed E-state index contributed by atoms with van der Waals surface area (Å²) in [6.07, 6.45) is 0.137. The molecule has 0 radical (unpaired) electrons. The lowest BCUT2D eigenvalue weighted by molar-refractivity contribution is -0.138. The lowest BCUT2D eigenvalue weighted by Gasteiger charge is -2.29. The third-order valence-corrected chi connectivity index (χ3v) is 3.35. The first-order chi connectivity index (χ1) is 8.08. The molecule has 1 unspecified atom stereocenters. The Labute approximate surface area is 111 Å². The third kappa shape index (κ3) is 4.13. The van der Waals surface area contributed by atoms with E-state index < -0.39 is 5.97 Å². The molecule has 0 saturated heterocycles. The smallest absolute Gasteiger partial charge is 0.305 e. The molecule has 3 nitrogen and oxygen atoms in total. The predicted octanol–water partition coefficient (Wildman–Crippen LogP) is 3.31. The number of benzene rings is 1. The molecule has 1 aromatic rings. The Hall–Kier alpha value is -0.870. The summed E-state index contributed by atoms with van der Waals surface area (Å²) in [6.45, 7) is 5.80. The zero-order valence-corrected chi connectivity index (χ0v) is 11.8. The number of carboxylic acid groups (broad SMARTS) is 1. The number of nitrogens with zero attached hydrogens (tertiary/aromatic N) is 1. The minimum Gasteiger partial charge on any atom is -0.481 e. The summed E-state index contributed by atoms with van der Waals surface area (Å²) in [6, 6.07) is 7.81. The van der Waals surface area contributed by atoms with Crippen LogP contribution in [0.5, 0.6) is 0 Å². The van der Waals surface area contributed by atoms with Crippen molar-refractivity contribution in [3.05, 3.63) is 34.3 Å². The molecule has 0 bridgehead atoms. The Morgan fingerprint density at radius 3 is 2.53 bits per heavy atom. The second-order valence-corrected chi connectivity index (χ2v) is 4.81. The summed E-state index contributed by atoms with van der Waals surface area (Å²) in [5, 5.41) is 9.02. The van der Waals surface area contributed by atoms with E-state index in [0.29, 0.717) is 0 Å². The minimum absolute atomic E-state index is 0.0556. The quantitative estimate of drug-likeness (QED) is 0.876. The van der Waals surface area contributed by atoms with Crippen LogP contribution in [0.1, 0.15) is 31.9 Å². The summed E-state index contributed by atoms with van der Waals surface area (Å²) in [7, 11) is 0. The fourth-order valence-corrected chi connectivity index (χ4v) is 2.42. The molecule has 1 aromatic carbocycles. The molecule has 0 aliphatic carbocycles. The molecule has 0 heterocycles. The van der Waals surface area contributed by atoms with Gasteiger partial charge in [-0.2, -0.15) is 0 Å². The van der Waals surface area contributed by atoms with E-state index in [0.717, 1.165) is 23.1 Å². The number of hydrogen-bond acceptors (Lipinski definition) is 2. The van der Waals surface area contributed by atoms with E-state index in [-0.39, 0.29) is 12.5 Å². The highest BCUT2D eigenvalue weighted by Gasteiger charge is 2.20. The fourth-order valence-electron chi connectivity index (χ4n) is 2.00. The lowest BCUT2D eigenvalue weighted by atomic mass is 10.0. The molecule has 0 amide bonds. The van der Waals surface area contributed by atoms with E-state index >= 15 is 0 Å². The highest BCUT2D eigenvalue weighted by molar-refractivity contribution is 9.10. The molecule has 0 fully saturated rings. The Kier molecular flexibility index (Phi) is 5.65. The van der Waals surface area contributed by atoms with Gasteiger partial charge in [0.1, 0.15) is 0 Å². The van der Waals surface area contributed by atoms with Crippen LogP contribution in [0.25, 0.3) is 0 Å². The highest BCUT2D eigenvalue weighted by atomic mass is 79.9. The second-order valence-electron chi connectivity index (χ2n) is 3.89. The van der Waals surface area contributed by atoms with Gasteiger partial charge in [0.05, 0.1) is 6.42 Å². The molecule has 1 atom stereocenters. The van der Waals surface area contributed by atoms with Crippen molar-refractivity contribution >= 4 is 21.9 Å². The molecule has 0 aliphatic rings. The second kappa shape index (κ2) is 6.77. The number of hydrogen-bond donors (Lipinski definition) is 1. The molecule has 0 aromatic heterocycles. The largest absolute Gasteiger partial charge is 0.481 e. The molecule has 4 heteroatoms. The van der Waals surface area contributed by atoms with Gasteiger partial charge in [-0.25, -0.2) is 0 Å². The first kappa shape index (κ1) is 14.2. The Morgan fingerprint density at radius 2 is 2.06 bits per heavy atom. The molecular weight excluding hydrogens is 282 g/mol. The van der Waals surface area contributed by atoms with Gasteiger partial charge in [0.15, 0.2) is 0 Å². The molecule has 1 rings (SSSR count). The van der Waals surface area contributed by atoms with Crippen molar-refractivity contribution in [3.63, 3.8) is 0 Å².